The highest BCUT2D eigenvalue weighted by Gasteiger charge is 2.29. The van der Waals surface area contributed by atoms with E-state index in [2.05, 4.69) is 0 Å². The highest BCUT2D eigenvalue weighted by molar-refractivity contribution is 5.70. The first kappa shape index (κ1) is 16.1. The molecule has 3 nitrogen and oxygen atoms in total. The molecule has 2 aromatic rings. The van der Waals surface area contributed by atoms with Gasteiger partial charge in [0, 0.05) is 5.56 Å². The van der Waals surface area contributed by atoms with E-state index in [0.717, 1.165) is 28.9 Å². The fourth-order valence-corrected chi connectivity index (χ4v) is 2.65. The summed E-state index contributed by atoms with van der Waals surface area (Å²) in [4.78, 5) is 11.8. The lowest BCUT2D eigenvalue weighted by Crippen LogP contribution is -2.27. The van der Waals surface area contributed by atoms with E-state index in [4.69, 9.17) is 9.47 Å². The predicted octanol–water partition coefficient (Wildman–Crippen LogP) is 3.79. The topological polar surface area (TPSA) is 35.5 Å². The standard InChI is InChI=1S/C19H22O3/c1-4-22-16-9-7-8-15(12-16)13-19(2,14-20)17-10-5-6-11-18(17)21-3/h5-12,14H,4,13H2,1-3H3. The molecule has 0 bridgehead atoms. The first-order valence-electron chi connectivity index (χ1n) is 7.44. The van der Waals surface area contributed by atoms with Gasteiger partial charge in [0.1, 0.15) is 17.8 Å². The Labute approximate surface area is 131 Å². The van der Waals surface area contributed by atoms with Gasteiger partial charge >= 0.3 is 0 Å². The number of aldehydes is 1. The van der Waals surface area contributed by atoms with E-state index in [9.17, 15) is 4.79 Å². The summed E-state index contributed by atoms with van der Waals surface area (Å²) in [7, 11) is 1.62. The van der Waals surface area contributed by atoms with Gasteiger partial charge in [0.05, 0.1) is 19.1 Å². The normalized spacial score (nSPS) is 13.2. The Kier molecular flexibility index (Phi) is 5.21. The number of carbonyl (C=O) groups is 1. The van der Waals surface area contributed by atoms with Gasteiger partial charge in [-0.3, -0.25) is 0 Å². The van der Waals surface area contributed by atoms with Crippen LogP contribution in [0.15, 0.2) is 48.5 Å². The molecule has 3 heteroatoms. The highest BCUT2D eigenvalue weighted by atomic mass is 16.5. The molecule has 0 saturated heterocycles. The van der Waals surface area contributed by atoms with E-state index in [1.54, 1.807) is 7.11 Å². The van der Waals surface area contributed by atoms with Crippen molar-refractivity contribution in [2.24, 2.45) is 0 Å². The molecule has 22 heavy (non-hydrogen) atoms. The quantitative estimate of drug-likeness (QED) is 0.729. The minimum absolute atomic E-state index is 0.595. The number of ether oxygens (including phenoxy) is 2. The molecule has 0 aliphatic carbocycles. The van der Waals surface area contributed by atoms with Crippen LogP contribution in [-0.4, -0.2) is 20.0 Å². The number of benzene rings is 2. The molecular formula is C19H22O3. The summed E-state index contributed by atoms with van der Waals surface area (Å²) in [5.74, 6) is 1.56. The molecule has 0 N–H and O–H groups in total. The molecule has 0 aliphatic heterocycles. The molecule has 0 saturated carbocycles. The molecule has 116 valence electrons. The van der Waals surface area contributed by atoms with Crippen molar-refractivity contribution in [2.45, 2.75) is 25.7 Å². The number of para-hydroxylation sites is 1. The lowest BCUT2D eigenvalue weighted by Gasteiger charge is -2.26. The first-order valence-corrected chi connectivity index (χ1v) is 7.44. The average Bonchev–Trinajstić information content (AvgIpc) is 2.55. The van der Waals surface area contributed by atoms with Gasteiger partial charge in [-0.1, -0.05) is 30.3 Å². The van der Waals surface area contributed by atoms with Crippen molar-refractivity contribution in [3.8, 4) is 11.5 Å². The lowest BCUT2D eigenvalue weighted by molar-refractivity contribution is -0.112. The van der Waals surface area contributed by atoms with E-state index in [1.807, 2.05) is 62.4 Å². The summed E-state index contributed by atoms with van der Waals surface area (Å²) >= 11 is 0. The summed E-state index contributed by atoms with van der Waals surface area (Å²) in [6.07, 6.45) is 1.59. The maximum Gasteiger partial charge on any atom is 0.130 e. The number of hydrogen-bond acceptors (Lipinski definition) is 3. The van der Waals surface area contributed by atoms with E-state index < -0.39 is 5.41 Å². The summed E-state index contributed by atoms with van der Waals surface area (Å²) < 4.78 is 10.9. The third-order valence-electron chi connectivity index (χ3n) is 3.76. The second-order valence-electron chi connectivity index (χ2n) is 5.49. The van der Waals surface area contributed by atoms with Gasteiger partial charge < -0.3 is 14.3 Å². The fraction of sp³-hybridized carbons (Fsp3) is 0.316. The van der Waals surface area contributed by atoms with Gasteiger partial charge in [-0.15, -0.1) is 0 Å². The summed E-state index contributed by atoms with van der Waals surface area (Å²) in [6, 6.07) is 15.5. The van der Waals surface area contributed by atoms with Crippen LogP contribution in [0.4, 0.5) is 0 Å². The van der Waals surface area contributed by atoms with Crippen LogP contribution < -0.4 is 9.47 Å². The van der Waals surface area contributed by atoms with Crippen molar-refractivity contribution in [2.75, 3.05) is 13.7 Å². The molecule has 0 radical (unpaired) electrons. The third-order valence-corrected chi connectivity index (χ3v) is 3.76. The molecule has 1 atom stereocenters. The molecule has 0 heterocycles. The first-order chi connectivity index (χ1) is 10.6. The Bertz CT molecular complexity index is 636. The Hall–Kier alpha value is -2.29. The number of hydrogen-bond donors (Lipinski definition) is 0. The molecule has 1 unspecified atom stereocenters. The molecule has 0 aliphatic rings. The zero-order valence-corrected chi connectivity index (χ0v) is 13.3. The van der Waals surface area contributed by atoms with Crippen molar-refractivity contribution in [1.82, 2.24) is 0 Å². The molecular weight excluding hydrogens is 276 g/mol. The highest BCUT2D eigenvalue weighted by Crippen LogP contribution is 2.33. The van der Waals surface area contributed by atoms with Crippen LogP contribution >= 0.6 is 0 Å². The number of rotatable bonds is 7. The monoisotopic (exact) mass is 298 g/mol. The zero-order chi connectivity index (χ0) is 16.0. The van der Waals surface area contributed by atoms with Crippen LogP contribution in [0.25, 0.3) is 0 Å². The van der Waals surface area contributed by atoms with Crippen LogP contribution in [0.3, 0.4) is 0 Å². The van der Waals surface area contributed by atoms with Gasteiger partial charge in [-0.05, 0) is 44.0 Å². The number of carbonyl (C=O) groups excluding carboxylic acids is 1. The average molecular weight is 298 g/mol. The van der Waals surface area contributed by atoms with Crippen molar-refractivity contribution in [3.05, 3.63) is 59.7 Å². The van der Waals surface area contributed by atoms with Gasteiger partial charge in [0.25, 0.3) is 0 Å². The summed E-state index contributed by atoms with van der Waals surface area (Å²) in [6.45, 7) is 4.52. The Morgan fingerprint density at radius 2 is 1.91 bits per heavy atom. The van der Waals surface area contributed by atoms with Crippen LogP contribution in [0.1, 0.15) is 25.0 Å². The van der Waals surface area contributed by atoms with Crippen molar-refractivity contribution < 1.29 is 14.3 Å². The predicted molar refractivity (Wildman–Crippen MR) is 87.7 cm³/mol. The number of methoxy groups -OCH3 is 1. The summed E-state index contributed by atoms with van der Waals surface area (Å²) in [5.41, 5.74) is 1.32. The van der Waals surface area contributed by atoms with Crippen molar-refractivity contribution in [3.63, 3.8) is 0 Å². The van der Waals surface area contributed by atoms with Gasteiger partial charge in [-0.25, -0.2) is 0 Å². The van der Waals surface area contributed by atoms with Crippen LogP contribution in [-0.2, 0) is 16.6 Å². The molecule has 0 amide bonds. The second kappa shape index (κ2) is 7.12. The van der Waals surface area contributed by atoms with Gasteiger partial charge in [-0.2, -0.15) is 0 Å². The Morgan fingerprint density at radius 1 is 1.14 bits per heavy atom. The largest absolute Gasteiger partial charge is 0.496 e. The van der Waals surface area contributed by atoms with E-state index in [0.29, 0.717) is 13.0 Å². The third kappa shape index (κ3) is 3.48. The van der Waals surface area contributed by atoms with Crippen LogP contribution in [0.5, 0.6) is 11.5 Å². The van der Waals surface area contributed by atoms with Crippen LogP contribution in [0.2, 0.25) is 0 Å². The van der Waals surface area contributed by atoms with E-state index in [-0.39, 0.29) is 0 Å². The summed E-state index contributed by atoms with van der Waals surface area (Å²) in [5, 5.41) is 0. The molecule has 2 rings (SSSR count). The van der Waals surface area contributed by atoms with Crippen molar-refractivity contribution in [1.29, 1.82) is 0 Å². The van der Waals surface area contributed by atoms with Gasteiger partial charge in [0.15, 0.2) is 0 Å². The molecule has 2 aromatic carbocycles. The maximum atomic E-state index is 11.8. The molecule has 0 spiro atoms. The van der Waals surface area contributed by atoms with E-state index in [1.165, 1.54) is 0 Å². The second-order valence-corrected chi connectivity index (χ2v) is 5.49. The van der Waals surface area contributed by atoms with Gasteiger partial charge in [0.2, 0.25) is 0 Å². The zero-order valence-electron chi connectivity index (χ0n) is 13.3. The maximum absolute atomic E-state index is 11.8. The minimum atomic E-state index is -0.641. The van der Waals surface area contributed by atoms with Crippen LogP contribution in [0, 0.1) is 0 Å². The fourth-order valence-electron chi connectivity index (χ4n) is 2.65. The Balaban J connectivity index is 2.34. The smallest absolute Gasteiger partial charge is 0.130 e. The Morgan fingerprint density at radius 3 is 2.59 bits per heavy atom. The van der Waals surface area contributed by atoms with E-state index >= 15 is 0 Å². The molecule has 0 aromatic heterocycles. The minimum Gasteiger partial charge on any atom is -0.496 e. The van der Waals surface area contributed by atoms with Crippen molar-refractivity contribution >= 4 is 6.29 Å². The molecule has 0 fully saturated rings. The lowest BCUT2D eigenvalue weighted by atomic mass is 9.78. The SMILES string of the molecule is CCOc1cccc(CC(C)(C=O)c2ccccc2OC)c1.